The van der Waals surface area contributed by atoms with Crippen LogP contribution in [0.2, 0.25) is 0 Å². The highest BCUT2D eigenvalue weighted by Gasteiger charge is 2.29. The Kier molecular flexibility index (Phi) is 4.17. The maximum Gasteiger partial charge on any atom is 0.332 e. The van der Waals surface area contributed by atoms with Crippen LogP contribution in [0.3, 0.4) is 0 Å². The van der Waals surface area contributed by atoms with E-state index in [0.29, 0.717) is 30.2 Å². The van der Waals surface area contributed by atoms with Gasteiger partial charge < -0.3 is 9.47 Å². The van der Waals surface area contributed by atoms with Gasteiger partial charge in [0.2, 0.25) is 5.95 Å². The molecule has 2 aromatic heterocycles. The SMILES string of the molecule is CCCn1c(=O)c2c(nc3n2C[C@H](C)CN3c2cccc(C)c2)n(C)c1=O. The van der Waals surface area contributed by atoms with E-state index >= 15 is 0 Å². The molecule has 0 fully saturated rings. The van der Waals surface area contributed by atoms with Crippen LogP contribution in [0.4, 0.5) is 11.6 Å². The van der Waals surface area contributed by atoms with Gasteiger partial charge in [-0.1, -0.05) is 26.0 Å². The van der Waals surface area contributed by atoms with Gasteiger partial charge in [0.15, 0.2) is 11.2 Å². The smallest absolute Gasteiger partial charge is 0.312 e. The molecule has 0 aliphatic carbocycles. The first-order chi connectivity index (χ1) is 12.9. The lowest BCUT2D eigenvalue weighted by molar-refractivity contribution is 0.457. The molecule has 7 nitrogen and oxygen atoms in total. The number of fused-ring (bicyclic) bond motifs is 3. The number of aromatic nitrogens is 4. The fourth-order valence-corrected chi connectivity index (χ4v) is 3.94. The number of benzene rings is 1. The van der Waals surface area contributed by atoms with Gasteiger partial charge in [0.05, 0.1) is 0 Å². The average Bonchev–Trinajstić information content (AvgIpc) is 3.02. The monoisotopic (exact) mass is 367 g/mol. The molecule has 0 amide bonds. The van der Waals surface area contributed by atoms with Crippen LogP contribution in [-0.4, -0.2) is 25.2 Å². The van der Waals surface area contributed by atoms with Gasteiger partial charge in [0.25, 0.3) is 5.56 Å². The van der Waals surface area contributed by atoms with Crippen molar-refractivity contribution in [1.29, 1.82) is 0 Å². The number of nitrogens with zero attached hydrogens (tertiary/aromatic N) is 5. The quantitative estimate of drug-likeness (QED) is 0.713. The van der Waals surface area contributed by atoms with Crippen LogP contribution in [-0.2, 0) is 20.1 Å². The summed E-state index contributed by atoms with van der Waals surface area (Å²) in [6.07, 6.45) is 0.730. The average molecular weight is 367 g/mol. The number of anilines is 2. The molecule has 0 saturated heterocycles. The minimum atomic E-state index is -0.306. The van der Waals surface area contributed by atoms with Crippen molar-refractivity contribution in [2.45, 2.75) is 40.3 Å². The molecule has 0 saturated carbocycles. The molecule has 4 rings (SSSR count). The lowest BCUT2D eigenvalue weighted by atomic mass is 10.1. The molecule has 3 heterocycles. The fraction of sp³-hybridized carbons (Fsp3) is 0.450. The number of hydrogen-bond acceptors (Lipinski definition) is 4. The molecule has 1 atom stereocenters. The minimum Gasteiger partial charge on any atom is -0.312 e. The van der Waals surface area contributed by atoms with E-state index in [1.165, 1.54) is 14.7 Å². The van der Waals surface area contributed by atoms with Gasteiger partial charge in [-0.15, -0.1) is 0 Å². The number of aryl methyl sites for hydroxylation is 2. The molecule has 1 aliphatic heterocycles. The molecule has 1 aromatic carbocycles. The second kappa shape index (κ2) is 6.40. The van der Waals surface area contributed by atoms with Crippen molar-refractivity contribution in [1.82, 2.24) is 18.7 Å². The second-order valence-corrected chi connectivity index (χ2v) is 7.55. The third-order valence-electron chi connectivity index (χ3n) is 5.20. The van der Waals surface area contributed by atoms with Gasteiger partial charge in [-0.25, -0.2) is 4.79 Å². The lowest BCUT2D eigenvalue weighted by Crippen LogP contribution is -2.40. The van der Waals surface area contributed by atoms with Gasteiger partial charge in [-0.2, -0.15) is 4.98 Å². The summed E-state index contributed by atoms with van der Waals surface area (Å²) >= 11 is 0. The number of rotatable bonds is 3. The maximum absolute atomic E-state index is 13.1. The number of imidazole rings is 1. The van der Waals surface area contributed by atoms with Gasteiger partial charge in [0.1, 0.15) is 0 Å². The van der Waals surface area contributed by atoms with Crippen LogP contribution >= 0.6 is 0 Å². The molecule has 142 valence electrons. The molecule has 0 unspecified atom stereocenters. The molecule has 3 aromatic rings. The first-order valence-electron chi connectivity index (χ1n) is 9.46. The Bertz CT molecular complexity index is 1140. The number of hydrogen-bond donors (Lipinski definition) is 0. The van der Waals surface area contributed by atoms with Gasteiger partial charge >= 0.3 is 5.69 Å². The topological polar surface area (TPSA) is 65.1 Å². The summed E-state index contributed by atoms with van der Waals surface area (Å²) in [7, 11) is 1.69. The van der Waals surface area contributed by atoms with Crippen molar-refractivity contribution >= 4 is 22.8 Å². The highest BCUT2D eigenvalue weighted by molar-refractivity contribution is 5.77. The third kappa shape index (κ3) is 2.69. The zero-order chi connectivity index (χ0) is 19.3. The third-order valence-corrected chi connectivity index (χ3v) is 5.20. The summed E-state index contributed by atoms with van der Waals surface area (Å²) < 4.78 is 4.81. The summed E-state index contributed by atoms with van der Waals surface area (Å²) in [5, 5.41) is 0. The Morgan fingerprint density at radius 1 is 1.22 bits per heavy atom. The first-order valence-corrected chi connectivity index (χ1v) is 9.46. The van der Waals surface area contributed by atoms with Crippen molar-refractivity contribution in [3.8, 4) is 0 Å². The van der Waals surface area contributed by atoms with Gasteiger partial charge in [-0.05, 0) is 37.0 Å². The highest BCUT2D eigenvalue weighted by Crippen LogP contribution is 2.33. The van der Waals surface area contributed by atoms with Crippen LogP contribution in [0.1, 0.15) is 25.8 Å². The van der Waals surface area contributed by atoms with E-state index in [2.05, 4.69) is 36.9 Å². The first kappa shape index (κ1) is 17.6. The van der Waals surface area contributed by atoms with Crippen LogP contribution in [0.5, 0.6) is 0 Å². The summed E-state index contributed by atoms with van der Waals surface area (Å²) in [4.78, 5) is 32.6. The summed E-state index contributed by atoms with van der Waals surface area (Å²) in [6.45, 7) is 8.15. The Labute approximate surface area is 157 Å². The van der Waals surface area contributed by atoms with E-state index in [0.717, 1.165) is 24.6 Å². The summed E-state index contributed by atoms with van der Waals surface area (Å²) in [6, 6.07) is 8.27. The van der Waals surface area contributed by atoms with Crippen molar-refractivity contribution in [2.75, 3.05) is 11.4 Å². The van der Waals surface area contributed by atoms with E-state index in [1.54, 1.807) is 7.05 Å². The molecule has 0 spiro atoms. The van der Waals surface area contributed by atoms with Crippen molar-refractivity contribution in [3.63, 3.8) is 0 Å². The van der Waals surface area contributed by atoms with Crippen LogP contribution in [0.25, 0.3) is 11.2 Å². The molecule has 7 heteroatoms. The second-order valence-electron chi connectivity index (χ2n) is 7.55. The summed E-state index contributed by atoms with van der Waals surface area (Å²) in [5.74, 6) is 1.08. The van der Waals surface area contributed by atoms with Crippen LogP contribution < -0.4 is 16.1 Å². The largest absolute Gasteiger partial charge is 0.332 e. The van der Waals surface area contributed by atoms with Crippen molar-refractivity contribution < 1.29 is 0 Å². The fourth-order valence-electron chi connectivity index (χ4n) is 3.94. The normalized spacial score (nSPS) is 16.7. The molecule has 0 N–H and O–H groups in total. The van der Waals surface area contributed by atoms with E-state index in [9.17, 15) is 9.59 Å². The van der Waals surface area contributed by atoms with Gasteiger partial charge in [0, 0.05) is 32.4 Å². The van der Waals surface area contributed by atoms with Crippen molar-refractivity contribution in [3.05, 3.63) is 50.7 Å². The molecule has 1 aliphatic rings. The predicted molar refractivity (Wildman–Crippen MR) is 107 cm³/mol. The zero-order valence-corrected chi connectivity index (χ0v) is 16.3. The highest BCUT2D eigenvalue weighted by atomic mass is 16.2. The minimum absolute atomic E-state index is 0.244. The van der Waals surface area contributed by atoms with E-state index < -0.39 is 0 Å². The Hall–Kier alpha value is -2.83. The molecule has 0 radical (unpaired) electrons. The lowest BCUT2D eigenvalue weighted by Gasteiger charge is -2.33. The molecule has 27 heavy (non-hydrogen) atoms. The van der Waals surface area contributed by atoms with E-state index in [4.69, 9.17) is 4.98 Å². The van der Waals surface area contributed by atoms with Crippen molar-refractivity contribution in [2.24, 2.45) is 13.0 Å². The van der Waals surface area contributed by atoms with E-state index in [1.807, 2.05) is 17.6 Å². The standard InChI is InChI=1S/C20H25N5O2/c1-5-9-23-18(26)16-17(22(4)20(23)27)21-19-24(11-14(3)12-25(16)19)15-8-6-7-13(2)10-15/h6-8,10,14H,5,9,11-12H2,1-4H3/t14-/m1/s1. The Balaban J connectivity index is 2.02. The Morgan fingerprint density at radius 2 is 2.00 bits per heavy atom. The Morgan fingerprint density at radius 3 is 2.70 bits per heavy atom. The van der Waals surface area contributed by atoms with Gasteiger partial charge in [-0.3, -0.25) is 13.9 Å². The van der Waals surface area contributed by atoms with E-state index in [-0.39, 0.29) is 11.2 Å². The molecule has 0 bridgehead atoms. The maximum atomic E-state index is 13.1. The molecular weight excluding hydrogens is 342 g/mol. The molecular formula is C20H25N5O2. The van der Waals surface area contributed by atoms with Crippen LogP contribution in [0.15, 0.2) is 33.9 Å². The summed E-state index contributed by atoms with van der Waals surface area (Å²) in [5.41, 5.74) is 2.65. The predicted octanol–water partition coefficient (Wildman–Crippen LogP) is 2.40. The zero-order valence-electron chi connectivity index (χ0n) is 16.3. The van der Waals surface area contributed by atoms with Crippen LogP contribution in [0, 0.1) is 12.8 Å².